The molecule has 1 aromatic rings. The first-order chi connectivity index (χ1) is 7.13. The van der Waals surface area contributed by atoms with Gasteiger partial charge in [-0.3, -0.25) is 4.79 Å². The molecule has 1 N–H and O–H groups in total. The number of amides is 1. The molecule has 4 nitrogen and oxygen atoms in total. The van der Waals surface area contributed by atoms with Gasteiger partial charge in [0.15, 0.2) is 0 Å². The second-order valence-electron chi connectivity index (χ2n) is 3.11. The lowest BCUT2D eigenvalue weighted by Crippen LogP contribution is -2.27. The van der Waals surface area contributed by atoms with Crippen LogP contribution in [-0.2, 0) is 0 Å². The second-order valence-corrected chi connectivity index (χ2v) is 3.11. The average molecular weight is 207 g/mol. The van der Waals surface area contributed by atoms with Crippen molar-refractivity contribution < 1.29 is 9.18 Å². The lowest BCUT2D eigenvalue weighted by Gasteiger charge is -2.05. The van der Waals surface area contributed by atoms with Crippen LogP contribution in [0.5, 0.6) is 0 Å². The Kier molecular flexibility index (Phi) is 3.75. The zero-order valence-corrected chi connectivity index (χ0v) is 8.20. The molecule has 0 aliphatic heterocycles. The van der Waals surface area contributed by atoms with Crippen molar-refractivity contribution in [2.75, 3.05) is 6.54 Å². The molecule has 1 atom stereocenters. The highest BCUT2D eigenvalue weighted by atomic mass is 19.1. The predicted octanol–water partition coefficient (Wildman–Crippen LogP) is 1.11. The van der Waals surface area contributed by atoms with E-state index in [0.717, 1.165) is 6.07 Å². The minimum Gasteiger partial charge on any atom is -0.351 e. The molecule has 0 fully saturated rings. The van der Waals surface area contributed by atoms with Gasteiger partial charge >= 0.3 is 0 Å². The molecule has 5 heteroatoms. The summed E-state index contributed by atoms with van der Waals surface area (Å²) in [6, 6.07) is 4.44. The van der Waals surface area contributed by atoms with E-state index in [4.69, 9.17) is 5.26 Å². The third-order valence-corrected chi connectivity index (χ3v) is 1.78. The van der Waals surface area contributed by atoms with Gasteiger partial charge in [-0.05, 0) is 13.0 Å². The van der Waals surface area contributed by atoms with E-state index in [-0.39, 0.29) is 18.0 Å². The molecule has 0 aromatic carbocycles. The van der Waals surface area contributed by atoms with Crippen molar-refractivity contribution >= 4 is 5.91 Å². The number of hydrogen-bond acceptors (Lipinski definition) is 3. The SMILES string of the molecule is CC(C#N)CNC(=O)c1ccnc(F)c1. The van der Waals surface area contributed by atoms with Crippen LogP contribution in [0.25, 0.3) is 0 Å². The van der Waals surface area contributed by atoms with Crippen LogP contribution in [0.3, 0.4) is 0 Å². The lowest BCUT2D eigenvalue weighted by atomic mass is 10.2. The third kappa shape index (κ3) is 3.35. The largest absolute Gasteiger partial charge is 0.351 e. The van der Waals surface area contributed by atoms with Gasteiger partial charge < -0.3 is 5.32 Å². The Hall–Kier alpha value is -1.96. The highest BCUT2D eigenvalue weighted by molar-refractivity contribution is 5.93. The van der Waals surface area contributed by atoms with Gasteiger partial charge in [-0.25, -0.2) is 4.98 Å². The molecule has 1 heterocycles. The molecule has 0 radical (unpaired) electrons. The van der Waals surface area contributed by atoms with E-state index in [1.807, 2.05) is 6.07 Å². The minimum absolute atomic E-state index is 0.202. The Morgan fingerprint density at radius 1 is 1.80 bits per heavy atom. The fourth-order valence-electron chi connectivity index (χ4n) is 0.937. The zero-order chi connectivity index (χ0) is 11.3. The van der Waals surface area contributed by atoms with Crippen LogP contribution in [0.15, 0.2) is 18.3 Å². The fraction of sp³-hybridized carbons (Fsp3) is 0.300. The van der Waals surface area contributed by atoms with Crippen LogP contribution in [0, 0.1) is 23.2 Å². The van der Waals surface area contributed by atoms with Crippen LogP contribution in [0.2, 0.25) is 0 Å². The Balaban J connectivity index is 2.59. The van der Waals surface area contributed by atoms with Crippen molar-refractivity contribution in [1.82, 2.24) is 10.3 Å². The maximum Gasteiger partial charge on any atom is 0.251 e. The Morgan fingerprint density at radius 3 is 3.13 bits per heavy atom. The molecular weight excluding hydrogens is 197 g/mol. The molecule has 0 aliphatic rings. The molecule has 0 bridgehead atoms. The summed E-state index contributed by atoms with van der Waals surface area (Å²) in [6.07, 6.45) is 1.22. The molecule has 1 amide bonds. The van der Waals surface area contributed by atoms with Crippen LogP contribution in [0.4, 0.5) is 4.39 Å². The number of nitriles is 1. The number of carbonyl (C=O) groups excluding carboxylic acids is 1. The summed E-state index contributed by atoms with van der Waals surface area (Å²) in [7, 11) is 0. The van der Waals surface area contributed by atoms with E-state index in [9.17, 15) is 9.18 Å². The molecule has 0 spiro atoms. The van der Waals surface area contributed by atoms with E-state index < -0.39 is 11.9 Å². The topological polar surface area (TPSA) is 65.8 Å². The maximum absolute atomic E-state index is 12.6. The van der Waals surface area contributed by atoms with Crippen molar-refractivity contribution in [2.45, 2.75) is 6.92 Å². The number of hydrogen-bond donors (Lipinski definition) is 1. The van der Waals surface area contributed by atoms with Crippen molar-refractivity contribution in [3.05, 3.63) is 29.8 Å². The third-order valence-electron chi connectivity index (χ3n) is 1.78. The number of pyridine rings is 1. The molecule has 15 heavy (non-hydrogen) atoms. The number of nitrogens with one attached hydrogen (secondary N) is 1. The van der Waals surface area contributed by atoms with Crippen LogP contribution in [0.1, 0.15) is 17.3 Å². The zero-order valence-electron chi connectivity index (χ0n) is 8.20. The van der Waals surface area contributed by atoms with Crippen molar-refractivity contribution in [3.8, 4) is 6.07 Å². The molecule has 1 aromatic heterocycles. The van der Waals surface area contributed by atoms with Gasteiger partial charge in [0.1, 0.15) is 0 Å². The number of rotatable bonds is 3. The summed E-state index contributed by atoms with van der Waals surface area (Å²) in [4.78, 5) is 14.7. The quantitative estimate of drug-likeness (QED) is 0.755. The van der Waals surface area contributed by atoms with Gasteiger partial charge in [0.25, 0.3) is 5.91 Å². The summed E-state index contributed by atoms with van der Waals surface area (Å²) in [5.74, 6) is -1.37. The molecule has 0 saturated carbocycles. The first-order valence-corrected chi connectivity index (χ1v) is 4.43. The fourth-order valence-corrected chi connectivity index (χ4v) is 0.937. The Bertz CT molecular complexity index is 400. The first kappa shape index (κ1) is 11.1. The first-order valence-electron chi connectivity index (χ1n) is 4.43. The summed E-state index contributed by atoms with van der Waals surface area (Å²) >= 11 is 0. The number of halogens is 1. The number of carbonyl (C=O) groups is 1. The molecule has 0 aliphatic carbocycles. The Morgan fingerprint density at radius 2 is 2.53 bits per heavy atom. The highest BCUT2D eigenvalue weighted by Gasteiger charge is 2.07. The summed E-state index contributed by atoms with van der Waals surface area (Å²) in [6.45, 7) is 1.94. The van der Waals surface area contributed by atoms with Crippen molar-refractivity contribution in [2.24, 2.45) is 5.92 Å². The Labute approximate surface area is 86.7 Å². The normalized spacial score (nSPS) is 11.5. The lowest BCUT2D eigenvalue weighted by molar-refractivity contribution is 0.0950. The van der Waals surface area contributed by atoms with Crippen molar-refractivity contribution in [3.63, 3.8) is 0 Å². The summed E-state index contributed by atoms with van der Waals surface area (Å²) < 4.78 is 12.6. The monoisotopic (exact) mass is 207 g/mol. The van der Waals surface area contributed by atoms with Crippen LogP contribution >= 0.6 is 0 Å². The highest BCUT2D eigenvalue weighted by Crippen LogP contribution is 2.00. The molecular formula is C10H10FN3O. The standard InChI is InChI=1S/C10H10FN3O/c1-7(5-12)6-14-10(15)8-2-3-13-9(11)4-8/h2-4,7H,6H2,1H3,(H,14,15). The van der Waals surface area contributed by atoms with Gasteiger partial charge in [0.2, 0.25) is 5.95 Å². The van der Waals surface area contributed by atoms with Gasteiger partial charge in [0, 0.05) is 24.4 Å². The van der Waals surface area contributed by atoms with E-state index >= 15 is 0 Å². The van der Waals surface area contributed by atoms with E-state index in [0.29, 0.717) is 0 Å². The van der Waals surface area contributed by atoms with E-state index in [1.54, 1.807) is 6.92 Å². The smallest absolute Gasteiger partial charge is 0.251 e. The predicted molar refractivity (Wildman–Crippen MR) is 51.3 cm³/mol. The maximum atomic E-state index is 12.6. The molecule has 0 saturated heterocycles. The number of nitrogens with zero attached hydrogens (tertiary/aromatic N) is 2. The van der Waals surface area contributed by atoms with Crippen LogP contribution in [-0.4, -0.2) is 17.4 Å². The van der Waals surface area contributed by atoms with Crippen molar-refractivity contribution in [1.29, 1.82) is 5.26 Å². The van der Waals surface area contributed by atoms with Gasteiger partial charge in [-0.1, -0.05) is 0 Å². The van der Waals surface area contributed by atoms with E-state index in [1.165, 1.54) is 12.3 Å². The molecule has 1 unspecified atom stereocenters. The summed E-state index contributed by atoms with van der Waals surface area (Å²) in [5, 5.41) is 11.0. The van der Waals surface area contributed by atoms with Gasteiger partial charge in [-0.2, -0.15) is 9.65 Å². The van der Waals surface area contributed by atoms with Gasteiger partial charge in [0.05, 0.1) is 12.0 Å². The summed E-state index contributed by atoms with van der Waals surface area (Å²) in [5.41, 5.74) is 0.202. The van der Waals surface area contributed by atoms with Crippen LogP contribution < -0.4 is 5.32 Å². The molecule has 1 rings (SSSR count). The van der Waals surface area contributed by atoms with Gasteiger partial charge in [-0.15, -0.1) is 0 Å². The molecule has 78 valence electrons. The average Bonchev–Trinajstić information content (AvgIpc) is 2.25. The second kappa shape index (κ2) is 5.05. The number of aromatic nitrogens is 1. The minimum atomic E-state index is -0.698. The van der Waals surface area contributed by atoms with E-state index in [2.05, 4.69) is 10.3 Å².